The van der Waals surface area contributed by atoms with Crippen LogP contribution in [0.15, 0.2) is 0 Å². The van der Waals surface area contributed by atoms with Crippen LogP contribution in [-0.4, -0.2) is 26.3 Å². The second-order valence-electron chi connectivity index (χ2n) is 4.81. The normalized spacial score (nSPS) is 20.8. The zero-order valence-electron chi connectivity index (χ0n) is 9.94. The maximum absolute atomic E-state index is 5.07. The molecule has 1 saturated carbocycles. The Bertz CT molecular complexity index is 154. The molecular formula is C12H25NO. The van der Waals surface area contributed by atoms with Crippen molar-refractivity contribution in [2.75, 3.05) is 20.3 Å². The van der Waals surface area contributed by atoms with Crippen LogP contribution in [-0.2, 0) is 4.74 Å². The van der Waals surface area contributed by atoms with Gasteiger partial charge in [0, 0.05) is 26.3 Å². The number of rotatable bonds is 8. The summed E-state index contributed by atoms with van der Waals surface area (Å²) in [7, 11) is 1.77. The third kappa shape index (κ3) is 3.97. The van der Waals surface area contributed by atoms with Crippen molar-refractivity contribution in [3.63, 3.8) is 0 Å². The topological polar surface area (TPSA) is 21.3 Å². The average molecular weight is 199 g/mol. The Morgan fingerprint density at radius 2 is 2.14 bits per heavy atom. The third-order valence-corrected chi connectivity index (χ3v) is 3.32. The predicted molar refractivity (Wildman–Crippen MR) is 60.5 cm³/mol. The van der Waals surface area contributed by atoms with Crippen molar-refractivity contribution in [3.8, 4) is 0 Å². The zero-order chi connectivity index (χ0) is 10.4. The van der Waals surface area contributed by atoms with Gasteiger partial charge in [-0.3, -0.25) is 0 Å². The molecule has 0 radical (unpaired) electrons. The second-order valence-corrected chi connectivity index (χ2v) is 4.81. The SMILES string of the molecule is CCCC1(CNC(C)CCOC)CC1. The molecule has 0 heterocycles. The van der Waals surface area contributed by atoms with E-state index < -0.39 is 0 Å². The smallest absolute Gasteiger partial charge is 0.0476 e. The molecule has 0 aromatic carbocycles. The van der Waals surface area contributed by atoms with E-state index in [1.54, 1.807) is 7.11 Å². The van der Waals surface area contributed by atoms with Crippen molar-refractivity contribution >= 4 is 0 Å². The van der Waals surface area contributed by atoms with Gasteiger partial charge < -0.3 is 10.1 Å². The zero-order valence-corrected chi connectivity index (χ0v) is 9.94. The number of nitrogens with one attached hydrogen (secondary N) is 1. The van der Waals surface area contributed by atoms with Crippen molar-refractivity contribution in [2.24, 2.45) is 5.41 Å². The van der Waals surface area contributed by atoms with Crippen molar-refractivity contribution in [1.29, 1.82) is 0 Å². The lowest BCUT2D eigenvalue weighted by Crippen LogP contribution is -2.32. The van der Waals surface area contributed by atoms with Gasteiger partial charge in [0.1, 0.15) is 0 Å². The summed E-state index contributed by atoms with van der Waals surface area (Å²) in [6.45, 7) is 6.62. The van der Waals surface area contributed by atoms with Crippen LogP contribution >= 0.6 is 0 Å². The van der Waals surface area contributed by atoms with E-state index in [0.717, 1.165) is 13.0 Å². The Morgan fingerprint density at radius 3 is 2.64 bits per heavy atom. The summed E-state index contributed by atoms with van der Waals surface area (Å²) in [5, 5.41) is 3.62. The summed E-state index contributed by atoms with van der Waals surface area (Å²) in [5.41, 5.74) is 0.677. The van der Waals surface area contributed by atoms with E-state index in [-0.39, 0.29) is 0 Å². The molecule has 0 amide bonds. The van der Waals surface area contributed by atoms with Gasteiger partial charge in [-0.2, -0.15) is 0 Å². The summed E-state index contributed by atoms with van der Waals surface area (Å²) in [6, 6.07) is 0.601. The van der Waals surface area contributed by atoms with Gasteiger partial charge in [0.2, 0.25) is 0 Å². The molecule has 1 fully saturated rings. The molecule has 1 unspecified atom stereocenters. The summed E-state index contributed by atoms with van der Waals surface area (Å²) < 4.78 is 5.07. The monoisotopic (exact) mass is 199 g/mol. The van der Waals surface area contributed by atoms with E-state index in [1.807, 2.05) is 0 Å². The van der Waals surface area contributed by atoms with Crippen molar-refractivity contribution in [2.45, 2.75) is 52.0 Å². The van der Waals surface area contributed by atoms with Crippen LogP contribution in [0.1, 0.15) is 46.0 Å². The molecule has 1 atom stereocenters. The predicted octanol–water partition coefficient (Wildman–Crippen LogP) is 2.58. The Kier molecular flexibility index (Phi) is 4.90. The Hall–Kier alpha value is -0.0800. The number of methoxy groups -OCH3 is 1. The van der Waals surface area contributed by atoms with Gasteiger partial charge in [0.25, 0.3) is 0 Å². The van der Waals surface area contributed by atoms with Crippen LogP contribution in [0.5, 0.6) is 0 Å². The summed E-state index contributed by atoms with van der Waals surface area (Å²) >= 11 is 0. The second kappa shape index (κ2) is 5.72. The minimum atomic E-state index is 0.601. The molecule has 1 aliphatic rings. The fourth-order valence-electron chi connectivity index (χ4n) is 2.01. The molecule has 1 N–H and O–H groups in total. The maximum Gasteiger partial charge on any atom is 0.0476 e. The Balaban J connectivity index is 2.07. The van der Waals surface area contributed by atoms with Gasteiger partial charge >= 0.3 is 0 Å². The maximum atomic E-state index is 5.07. The lowest BCUT2D eigenvalue weighted by atomic mass is 10.0. The van der Waals surface area contributed by atoms with E-state index in [0.29, 0.717) is 11.5 Å². The molecule has 84 valence electrons. The number of ether oxygens (including phenoxy) is 1. The molecule has 0 saturated heterocycles. The third-order valence-electron chi connectivity index (χ3n) is 3.32. The minimum absolute atomic E-state index is 0.601. The van der Waals surface area contributed by atoms with Gasteiger partial charge in [0.05, 0.1) is 0 Å². The first-order valence-electron chi connectivity index (χ1n) is 5.95. The Morgan fingerprint density at radius 1 is 1.43 bits per heavy atom. The highest BCUT2D eigenvalue weighted by Crippen LogP contribution is 2.48. The van der Waals surface area contributed by atoms with E-state index in [2.05, 4.69) is 19.2 Å². The summed E-state index contributed by atoms with van der Waals surface area (Å²) in [6.07, 6.45) is 6.72. The molecule has 1 aliphatic carbocycles. The van der Waals surface area contributed by atoms with Crippen molar-refractivity contribution < 1.29 is 4.74 Å². The van der Waals surface area contributed by atoms with Gasteiger partial charge in [-0.1, -0.05) is 13.3 Å². The first kappa shape index (κ1) is 12.0. The largest absolute Gasteiger partial charge is 0.385 e. The first-order chi connectivity index (χ1) is 6.72. The van der Waals surface area contributed by atoms with Crippen LogP contribution < -0.4 is 5.32 Å². The van der Waals surface area contributed by atoms with Crippen LogP contribution in [0.4, 0.5) is 0 Å². The number of hydrogen-bond acceptors (Lipinski definition) is 2. The van der Waals surface area contributed by atoms with Gasteiger partial charge in [-0.05, 0) is 38.0 Å². The molecule has 0 spiro atoms. The standard InChI is InChI=1S/C12H25NO/c1-4-6-12(7-8-12)10-13-11(2)5-9-14-3/h11,13H,4-10H2,1-3H3. The van der Waals surface area contributed by atoms with Crippen LogP contribution in [0.25, 0.3) is 0 Å². The summed E-state index contributed by atoms with van der Waals surface area (Å²) in [4.78, 5) is 0. The van der Waals surface area contributed by atoms with Crippen LogP contribution in [0.2, 0.25) is 0 Å². The highest BCUT2D eigenvalue weighted by Gasteiger charge is 2.40. The fourth-order valence-corrected chi connectivity index (χ4v) is 2.01. The van der Waals surface area contributed by atoms with Crippen LogP contribution in [0.3, 0.4) is 0 Å². The molecular weight excluding hydrogens is 174 g/mol. The lowest BCUT2D eigenvalue weighted by Gasteiger charge is -2.19. The molecule has 0 aliphatic heterocycles. The fraction of sp³-hybridized carbons (Fsp3) is 1.00. The summed E-state index contributed by atoms with van der Waals surface area (Å²) in [5.74, 6) is 0. The van der Waals surface area contributed by atoms with Crippen LogP contribution in [0, 0.1) is 5.41 Å². The molecule has 0 bridgehead atoms. The van der Waals surface area contributed by atoms with Crippen molar-refractivity contribution in [1.82, 2.24) is 5.32 Å². The Labute approximate surface area is 88.4 Å². The lowest BCUT2D eigenvalue weighted by molar-refractivity contribution is 0.183. The molecule has 0 aromatic heterocycles. The number of hydrogen-bond donors (Lipinski definition) is 1. The van der Waals surface area contributed by atoms with E-state index >= 15 is 0 Å². The van der Waals surface area contributed by atoms with Crippen molar-refractivity contribution in [3.05, 3.63) is 0 Å². The van der Waals surface area contributed by atoms with Gasteiger partial charge in [-0.25, -0.2) is 0 Å². The molecule has 14 heavy (non-hydrogen) atoms. The molecule has 1 rings (SSSR count). The van der Waals surface area contributed by atoms with Gasteiger partial charge in [-0.15, -0.1) is 0 Å². The average Bonchev–Trinajstić information content (AvgIpc) is 2.93. The van der Waals surface area contributed by atoms with E-state index in [4.69, 9.17) is 4.74 Å². The highest BCUT2D eigenvalue weighted by molar-refractivity contribution is 4.94. The molecule has 2 nitrogen and oxygen atoms in total. The van der Waals surface area contributed by atoms with E-state index in [9.17, 15) is 0 Å². The molecule has 2 heteroatoms. The highest BCUT2D eigenvalue weighted by atomic mass is 16.5. The minimum Gasteiger partial charge on any atom is -0.385 e. The van der Waals surface area contributed by atoms with E-state index in [1.165, 1.54) is 32.2 Å². The van der Waals surface area contributed by atoms with Gasteiger partial charge in [0.15, 0.2) is 0 Å². The quantitative estimate of drug-likeness (QED) is 0.649. The molecule has 0 aromatic rings. The first-order valence-corrected chi connectivity index (χ1v) is 5.95.